The van der Waals surface area contributed by atoms with Crippen molar-refractivity contribution in [1.29, 1.82) is 0 Å². The van der Waals surface area contributed by atoms with Crippen LogP contribution in [0.15, 0.2) is 0 Å². The summed E-state index contributed by atoms with van der Waals surface area (Å²) >= 11 is 0. The zero-order valence-corrected chi connectivity index (χ0v) is 6.52. The molecule has 0 amide bonds. The van der Waals surface area contributed by atoms with Crippen molar-refractivity contribution in [2.24, 2.45) is 0 Å². The first-order chi connectivity index (χ1) is 2.64. The van der Waals surface area contributed by atoms with Crippen LogP contribution in [0.2, 0.25) is 0 Å². The van der Waals surface area contributed by atoms with Gasteiger partial charge in [-0.25, -0.2) is 0 Å². The average molecular weight is 122 g/mol. The Hall–Kier alpha value is 0.730. The lowest BCUT2D eigenvalue weighted by Crippen LogP contribution is -1.74. The van der Waals surface area contributed by atoms with Crippen LogP contribution in [-0.4, -0.2) is 18.4 Å². The number of hydrogen-bond acceptors (Lipinski definition) is 0. The minimum Gasteiger partial charge on any atom is -0.130 e. The second kappa shape index (κ2) is 2.83. The lowest BCUT2D eigenvalue weighted by Gasteiger charge is -1.99. The predicted octanol–water partition coefficient (Wildman–Crippen LogP) is 1.48. The molecule has 0 aliphatic rings. The average Bonchev–Trinajstić information content (AvgIpc) is 1.36. The van der Waals surface area contributed by atoms with Gasteiger partial charge in [-0.05, 0) is 12.1 Å². The summed E-state index contributed by atoms with van der Waals surface area (Å²) in [5, 5.41) is 0.759. The number of rotatable bonds is 1. The van der Waals surface area contributed by atoms with Gasteiger partial charge in [0.2, 0.25) is 0 Å². The van der Waals surface area contributed by atoms with Crippen molar-refractivity contribution in [2.75, 3.05) is 6.66 Å². The highest BCUT2D eigenvalue weighted by Crippen LogP contribution is 2.26. The van der Waals surface area contributed by atoms with E-state index < -0.39 is 0 Å². The van der Waals surface area contributed by atoms with Crippen LogP contribution in [0.25, 0.3) is 0 Å². The van der Waals surface area contributed by atoms with Crippen LogP contribution in [0.1, 0.15) is 6.92 Å². The van der Waals surface area contributed by atoms with Gasteiger partial charge in [0.05, 0.1) is 0 Å². The van der Waals surface area contributed by atoms with Gasteiger partial charge in [0.15, 0.2) is 0 Å². The summed E-state index contributed by atoms with van der Waals surface area (Å²) in [4.78, 5) is 0. The molecule has 0 rings (SSSR count). The van der Waals surface area contributed by atoms with Gasteiger partial charge in [0.25, 0.3) is 0 Å². The fourth-order valence-corrected chi connectivity index (χ4v) is 0. The van der Waals surface area contributed by atoms with Crippen molar-refractivity contribution in [3.63, 3.8) is 0 Å². The van der Waals surface area contributed by atoms with Gasteiger partial charge in [-0.15, -0.1) is 23.1 Å². The SMILES string of the molecule is C=[PH](C)C(C)P. The lowest BCUT2D eigenvalue weighted by molar-refractivity contribution is 1.41. The monoisotopic (exact) mass is 122 g/mol. The summed E-state index contributed by atoms with van der Waals surface area (Å²) in [6, 6.07) is 0. The Kier molecular flexibility index (Phi) is 3.17. The molecule has 0 aromatic rings. The first-order valence-electron chi connectivity index (χ1n) is 2.05. The maximum Gasteiger partial charge on any atom is -0.0125 e. The minimum atomic E-state index is -0.239. The normalized spacial score (nSPS) is 19.8. The van der Waals surface area contributed by atoms with Crippen LogP contribution in [-0.2, 0) is 0 Å². The third kappa shape index (κ3) is 2.94. The van der Waals surface area contributed by atoms with Crippen LogP contribution >= 0.6 is 16.8 Å². The molecule has 0 radical (unpaired) electrons. The molecule has 0 spiro atoms. The van der Waals surface area contributed by atoms with Gasteiger partial charge in [0.1, 0.15) is 0 Å². The van der Waals surface area contributed by atoms with Crippen molar-refractivity contribution < 1.29 is 0 Å². The summed E-state index contributed by atoms with van der Waals surface area (Å²) in [5.41, 5.74) is 0. The molecule has 0 heterocycles. The zero-order chi connectivity index (χ0) is 5.15. The second-order valence-electron chi connectivity index (χ2n) is 1.64. The Morgan fingerprint density at radius 3 is 2.00 bits per heavy atom. The van der Waals surface area contributed by atoms with Gasteiger partial charge in [0, 0.05) is 0 Å². The first kappa shape index (κ1) is 6.73. The van der Waals surface area contributed by atoms with E-state index in [1.54, 1.807) is 0 Å². The van der Waals surface area contributed by atoms with Crippen molar-refractivity contribution in [3.8, 4) is 0 Å². The Morgan fingerprint density at radius 1 is 1.83 bits per heavy atom. The largest absolute Gasteiger partial charge is 0.130 e. The summed E-state index contributed by atoms with van der Waals surface area (Å²) in [5.74, 6) is 0. The van der Waals surface area contributed by atoms with E-state index in [4.69, 9.17) is 0 Å². The van der Waals surface area contributed by atoms with E-state index in [9.17, 15) is 0 Å². The van der Waals surface area contributed by atoms with Crippen molar-refractivity contribution in [1.82, 2.24) is 0 Å². The van der Waals surface area contributed by atoms with E-state index in [1.165, 1.54) is 0 Å². The molecule has 0 bridgehead atoms. The Morgan fingerprint density at radius 2 is 2.00 bits per heavy atom. The zero-order valence-electron chi connectivity index (χ0n) is 4.36. The van der Waals surface area contributed by atoms with Crippen molar-refractivity contribution in [2.45, 2.75) is 12.3 Å². The van der Waals surface area contributed by atoms with Crippen LogP contribution in [0.4, 0.5) is 0 Å². The van der Waals surface area contributed by atoms with Gasteiger partial charge >= 0.3 is 0 Å². The van der Waals surface area contributed by atoms with E-state index in [1.807, 2.05) is 0 Å². The van der Waals surface area contributed by atoms with Gasteiger partial charge in [-0.2, -0.15) is 0 Å². The summed E-state index contributed by atoms with van der Waals surface area (Å²) in [6.45, 7) is 4.40. The van der Waals surface area contributed by atoms with E-state index in [0.29, 0.717) is 0 Å². The Balaban J connectivity index is 3.26. The smallest absolute Gasteiger partial charge is 0.0125 e. The Labute approximate surface area is 42.9 Å². The van der Waals surface area contributed by atoms with E-state index in [0.717, 1.165) is 5.40 Å². The van der Waals surface area contributed by atoms with Crippen LogP contribution < -0.4 is 0 Å². The topological polar surface area (TPSA) is 0 Å². The fourth-order valence-electron chi connectivity index (χ4n) is 0. The molecule has 0 aromatic carbocycles. The molecule has 0 saturated carbocycles. The molecule has 0 aromatic heterocycles. The maximum absolute atomic E-state index is 3.92. The highest BCUT2D eigenvalue weighted by Gasteiger charge is 1.86. The van der Waals surface area contributed by atoms with Crippen molar-refractivity contribution >= 4 is 23.1 Å². The molecule has 0 nitrogen and oxygen atoms in total. The molecule has 38 valence electrons. The third-order valence-corrected chi connectivity index (χ3v) is 4.04. The van der Waals surface area contributed by atoms with E-state index in [2.05, 4.69) is 29.1 Å². The second-order valence-corrected chi connectivity index (χ2v) is 5.91. The molecule has 0 fully saturated rings. The maximum atomic E-state index is 3.92. The molecule has 3 atom stereocenters. The molecule has 2 heteroatoms. The highest BCUT2D eigenvalue weighted by molar-refractivity contribution is 7.62. The predicted molar refractivity (Wildman–Crippen MR) is 40.5 cm³/mol. The van der Waals surface area contributed by atoms with Crippen LogP contribution in [0.3, 0.4) is 0 Å². The summed E-state index contributed by atoms with van der Waals surface area (Å²) in [7, 11) is 2.52. The molecule has 0 saturated heterocycles. The standard InChI is InChI=1S/C4H12P2/c1-4(5)6(2)3/h4,6H,2,5H2,1,3H3. The van der Waals surface area contributed by atoms with E-state index in [-0.39, 0.29) is 7.55 Å². The first-order valence-corrected chi connectivity index (χ1v) is 5.00. The molecule has 0 aliphatic carbocycles. The summed E-state index contributed by atoms with van der Waals surface area (Å²) < 4.78 is 0. The Bertz CT molecular complexity index is 56.6. The molecular weight excluding hydrogens is 110 g/mol. The third-order valence-electron chi connectivity index (χ3n) is 0.777. The fraction of sp³-hybridized carbons (Fsp3) is 0.750. The summed E-state index contributed by atoms with van der Waals surface area (Å²) in [6.07, 6.45) is 3.92. The number of hydrogen-bond donors (Lipinski definition) is 0. The van der Waals surface area contributed by atoms with Crippen molar-refractivity contribution in [3.05, 3.63) is 0 Å². The minimum absolute atomic E-state index is 0.239. The molecule has 0 N–H and O–H groups in total. The highest BCUT2D eigenvalue weighted by atomic mass is 31.1. The van der Waals surface area contributed by atoms with E-state index >= 15 is 0 Å². The molecule has 6 heavy (non-hydrogen) atoms. The molecule has 3 unspecified atom stereocenters. The molecular formula is C4H12P2. The molecule has 0 aliphatic heterocycles. The van der Waals surface area contributed by atoms with Crippen LogP contribution in [0.5, 0.6) is 0 Å². The van der Waals surface area contributed by atoms with Gasteiger partial charge in [-0.1, -0.05) is 6.92 Å². The van der Waals surface area contributed by atoms with Crippen LogP contribution in [0, 0.1) is 0 Å². The van der Waals surface area contributed by atoms with Gasteiger partial charge < -0.3 is 0 Å². The van der Waals surface area contributed by atoms with Gasteiger partial charge in [-0.3, -0.25) is 0 Å². The quantitative estimate of drug-likeness (QED) is 0.462. The lowest BCUT2D eigenvalue weighted by atomic mass is 11.0.